The van der Waals surface area contributed by atoms with Gasteiger partial charge in [-0.05, 0) is 44.2 Å². The van der Waals surface area contributed by atoms with E-state index in [0.29, 0.717) is 16.4 Å². The van der Waals surface area contributed by atoms with Gasteiger partial charge in [-0.1, -0.05) is 29.8 Å². The quantitative estimate of drug-likeness (QED) is 0.689. The van der Waals surface area contributed by atoms with Crippen molar-refractivity contribution in [3.8, 4) is 5.69 Å². The molecule has 0 bridgehead atoms. The van der Waals surface area contributed by atoms with Gasteiger partial charge in [0, 0.05) is 17.6 Å². The number of halogens is 2. The zero-order chi connectivity index (χ0) is 18.8. The van der Waals surface area contributed by atoms with Gasteiger partial charge in [0.1, 0.15) is 11.6 Å². The van der Waals surface area contributed by atoms with Crippen LogP contribution >= 0.6 is 11.6 Å². The molecule has 0 fully saturated rings. The van der Waals surface area contributed by atoms with Gasteiger partial charge in [-0.3, -0.25) is 4.79 Å². The Labute approximate surface area is 156 Å². The molecule has 0 N–H and O–H groups in total. The van der Waals surface area contributed by atoms with Gasteiger partial charge in [0.15, 0.2) is 0 Å². The molecule has 0 aliphatic rings. The van der Waals surface area contributed by atoms with Crippen LogP contribution in [0.15, 0.2) is 48.5 Å². The van der Waals surface area contributed by atoms with Crippen LogP contribution in [-0.2, 0) is 0 Å². The molecule has 0 aliphatic heterocycles. The third-order valence-electron chi connectivity index (χ3n) is 4.29. The van der Waals surface area contributed by atoms with E-state index in [-0.39, 0.29) is 17.5 Å². The summed E-state index contributed by atoms with van der Waals surface area (Å²) in [6, 6.07) is 13.0. The molecule has 134 valence electrons. The maximum Gasteiger partial charge on any atom is 0.293 e. The molecule has 3 aromatic rings. The summed E-state index contributed by atoms with van der Waals surface area (Å²) in [4.78, 5) is 18.5. The average molecular weight is 373 g/mol. The van der Waals surface area contributed by atoms with E-state index < -0.39 is 6.04 Å². The summed E-state index contributed by atoms with van der Waals surface area (Å²) in [5, 5.41) is 4.92. The summed E-state index contributed by atoms with van der Waals surface area (Å²) >= 11 is 5.91. The fraction of sp³-hybridized carbons (Fsp3) is 0.211. The van der Waals surface area contributed by atoms with Crippen molar-refractivity contribution >= 4 is 17.5 Å². The molecule has 7 heteroatoms. The minimum atomic E-state index is -0.452. The topological polar surface area (TPSA) is 51.0 Å². The predicted octanol–water partition coefficient (Wildman–Crippen LogP) is 4.20. The van der Waals surface area contributed by atoms with Crippen LogP contribution in [0, 0.1) is 12.7 Å². The van der Waals surface area contributed by atoms with E-state index in [1.165, 1.54) is 11.0 Å². The van der Waals surface area contributed by atoms with Gasteiger partial charge in [-0.2, -0.15) is 0 Å². The van der Waals surface area contributed by atoms with Crippen LogP contribution in [0.25, 0.3) is 5.69 Å². The van der Waals surface area contributed by atoms with Crippen molar-refractivity contribution in [3.05, 3.63) is 76.6 Å². The first-order valence-electron chi connectivity index (χ1n) is 8.09. The Morgan fingerprint density at radius 2 is 1.85 bits per heavy atom. The number of hydrogen-bond acceptors (Lipinski definition) is 3. The van der Waals surface area contributed by atoms with Crippen molar-refractivity contribution < 1.29 is 9.18 Å². The standard InChI is InChI=1S/C19H18ClFN4O/c1-12(16-6-4-5-7-17(16)21)24(3)19(26)18-22-13(2)25(23-18)15-10-8-14(20)9-11-15/h4-12H,1-3H3. The number of carbonyl (C=O) groups is 1. The van der Waals surface area contributed by atoms with Crippen LogP contribution in [0.1, 0.15) is 35.0 Å². The number of hydrogen-bond donors (Lipinski definition) is 0. The van der Waals surface area contributed by atoms with Gasteiger partial charge >= 0.3 is 0 Å². The molecular formula is C19H18ClFN4O. The number of aromatic nitrogens is 3. The summed E-state index contributed by atoms with van der Waals surface area (Å²) in [5.41, 5.74) is 1.19. The first-order valence-corrected chi connectivity index (χ1v) is 8.47. The summed E-state index contributed by atoms with van der Waals surface area (Å²) in [5.74, 6) is -0.0993. The fourth-order valence-corrected chi connectivity index (χ4v) is 2.79. The highest BCUT2D eigenvalue weighted by molar-refractivity contribution is 6.30. The van der Waals surface area contributed by atoms with E-state index in [0.717, 1.165) is 5.69 Å². The van der Waals surface area contributed by atoms with Gasteiger partial charge in [0.2, 0.25) is 5.82 Å². The number of carbonyl (C=O) groups excluding carboxylic acids is 1. The highest BCUT2D eigenvalue weighted by Crippen LogP contribution is 2.23. The van der Waals surface area contributed by atoms with Crippen molar-refractivity contribution in [2.45, 2.75) is 19.9 Å². The van der Waals surface area contributed by atoms with Crippen molar-refractivity contribution in [2.75, 3.05) is 7.05 Å². The Morgan fingerprint density at radius 3 is 2.50 bits per heavy atom. The third-order valence-corrected chi connectivity index (χ3v) is 4.54. The lowest BCUT2D eigenvalue weighted by molar-refractivity contribution is 0.0728. The second kappa shape index (κ2) is 7.25. The van der Waals surface area contributed by atoms with Gasteiger partial charge in [-0.25, -0.2) is 14.1 Å². The Bertz CT molecular complexity index is 939. The molecule has 1 aromatic heterocycles. The van der Waals surface area contributed by atoms with Crippen molar-refractivity contribution in [1.82, 2.24) is 19.7 Å². The molecule has 1 atom stereocenters. The SMILES string of the molecule is Cc1nc(C(=O)N(C)C(C)c2ccccc2F)nn1-c1ccc(Cl)cc1. The fourth-order valence-electron chi connectivity index (χ4n) is 2.66. The van der Waals surface area contributed by atoms with E-state index in [1.807, 2.05) is 0 Å². The third kappa shape index (κ3) is 3.46. The molecule has 0 aliphatic carbocycles. The molecule has 0 saturated heterocycles. The van der Waals surface area contributed by atoms with Crippen molar-refractivity contribution in [2.24, 2.45) is 0 Å². The average Bonchev–Trinajstić information content (AvgIpc) is 3.02. The molecule has 0 radical (unpaired) electrons. The van der Waals surface area contributed by atoms with Gasteiger partial charge < -0.3 is 4.90 Å². The lowest BCUT2D eigenvalue weighted by Crippen LogP contribution is -2.31. The highest BCUT2D eigenvalue weighted by Gasteiger charge is 2.25. The van der Waals surface area contributed by atoms with Crippen LogP contribution in [0.3, 0.4) is 0 Å². The Kier molecular flexibility index (Phi) is 5.04. The minimum Gasteiger partial charge on any atom is -0.332 e. The van der Waals surface area contributed by atoms with E-state index in [2.05, 4.69) is 10.1 Å². The van der Waals surface area contributed by atoms with E-state index >= 15 is 0 Å². The van der Waals surface area contributed by atoms with E-state index in [1.54, 1.807) is 68.0 Å². The number of rotatable bonds is 4. The first-order chi connectivity index (χ1) is 12.4. The van der Waals surface area contributed by atoms with Crippen LogP contribution in [-0.4, -0.2) is 32.6 Å². The van der Waals surface area contributed by atoms with E-state index in [9.17, 15) is 9.18 Å². The van der Waals surface area contributed by atoms with Crippen LogP contribution in [0.4, 0.5) is 4.39 Å². The first kappa shape index (κ1) is 18.1. The minimum absolute atomic E-state index is 0.0585. The molecule has 1 unspecified atom stereocenters. The van der Waals surface area contributed by atoms with Gasteiger partial charge in [0.05, 0.1) is 11.7 Å². The molecule has 0 spiro atoms. The van der Waals surface area contributed by atoms with Gasteiger partial charge in [-0.15, -0.1) is 5.10 Å². The maximum atomic E-state index is 14.0. The lowest BCUT2D eigenvalue weighted by atomic mass is 10.1. The number of nitrogens with zero attached hydrogens (tertiary/aromatic N) is 4. The Hall–Kier alpha value is -2.73. The smallest absolute Gasteiger partial charge is 0.293 e. The van der Waals surface area contributed by atoms with Crippen LogP contribution in [0.5, 0.6) is 0 Å². The lowest BCUT2D eigenvalue weighted by Gasteiger charge is -2.24. The molecule has 2 aromatic carbocycles. The molecule has 5 nitrogen and oxygen atoms in total. The number of amides is 1. The molecule has 0 saturated carbocycles. The summed E-state index contributed by atoms with van der Waals surface area (Å²) < 4.78 is 15.6. The van der Waals surface area contributed by atoms with Crippen LogP contribution in [0.2, 0.25) is 5.02 Å². The second-order valence-corrected chi connectivity index (χ2v) is 6.42. The van der Waals surface area contributed by atoms with Crippen molar-refractivity contribution in [3.63, 3.8) is 0 Å². The Morgan fingerprint density at radius 1 is 1.19 bits per heavy atom. The zero-order valence-corrected chi connectivity index (χ0v) is 15.4. The normalized spacial score (nSPS) is 12.0. The highest BCUT2D eigenvalue weighted by atomic mass is 35.5. The monoisotopic (exact) mass is 372 g/mol. The maximum absolute atomic E-state index is 14.0. The summed E-state index contributed by atoms with van der Waals surface area (Å²) in [6.45, 7) is 3.53. The number of benzene rings is 2. The van der Waals surface area contributed by atoms with E-state index in [4.69, 9.17) is 11.6 Å². The molecule has 26 heavy (non-hydrogen) atoms. The molecule has 1 amide bonds. The molecule has 1 heterocycles. The molecule has 3 rings (SSSR count). The summed E-state index contributed by atoms with van der Waals surface area (Å²) in [6.07, 6.45) is 0. The van der Waals surface area contributed by atoms with Crippen LogP contribution < -0.4 is 0 Å². The largest absolute Gasteiger partial charge is 0.332 e. The Balaban J connectivity index is 1.87. The zero-order valence-electron chi connectivity index (χ0n) is 14.6. The van der Waals surface area contributed by atoms with Crippen molar-refractivity contribution in [1.29, 1.82) is 0 Å². The molecular weight excluding hydrogens is 355 g/mol. The summed E-state index contributed by atoms with van der Waals surface area (Å²) in [7, 11) is 1.61. The number of aryl methyl sites for hydroxylation is 1. The van der Waals surface area contributed by atoms with Gasteiger partial charge in [0.25, 0.3) is 5.91 Å². The predicted molar refractivity (Wildman–Crippen MR) is 98.0 cm³/mol. The second-order valence-electron chi connectivity index (χ2n) is 5.98.